The second kappa shape index (κ2) is 13.7. The molecule has 3 aromatic rings. The molecule has 37 heavy (non-hydrogen) atoms. The first-order valence-corrected chi connectivity index (χ1v) is 13.2. The summed E-state index contributed by atoms with van der Waals surface area (Å²) < 4.78 is 5.78. The molecular formula is C31H33ClN2O3. The van der Waals surface area contributed by atoms with E-state index in [1.807, 2.05) is 60.7 Å². The average Bonchev–Trinajstić information content (AvgIpc) is 2.94. The number of carbonyl (C=O) groups excluding carboxylic acids is 2. The predicted octanol–water partition coefficient (Wildman–Crippen LogP) is 6.50. The molecule has 2 amide bonds. The molecule has 1 aliphatic carbocycles. The SMILES string of the molecule is O=C(NCCC1=CCCCC1)[C@@H](c1ccccc1)N(Cc1ccc(Cl)cc1)C(=O)COc1ccccc1. The van der Waals surface area contributed by atoms with E-state index in [0.29, 0.717) is 17.3 Å². The van der Waals surface area contributed by atoms with Gasteiger partial charge >= 0.3 is 0 Å². The summed E-state index contributed by atoms with van der Waals surface area (Å²) in [5, 5.41) is 3.71. The smallest absolute Gasteiger partial charge is 0.261 e. The van der Waals surface area contributed by atoms with Crippen LogP contribution in [0.1, 0.15) is 49.3 Å². The van der Waals surface area contributed by atoms with Gasteiger partial charge in [-0.2, -0.15) is 0 Å². The maximum Gasteiger partial charge on any atom is 0.261 e. The monoisotopic (exact) mass is 516 g/mol. The molecule has 5 nitrogen and oxygen atoms in total. The Labute approximate surface area is 224 Å². The largest absolute Gasteiger partial charge is 0.484 e. The fraction of sp³-hybridized carbons (Fsp3) is 0.290. The van der Waals surface area contributed by atoms with Crippen LogP contribution in [0.3, 0.4) is 0 Å². The van der Waals surface area contributed by atoms with E-state index in [1.165, 1.54) is 18.4 Å². The highest BCUT2D eigenvalue weighted by molar-refractivity contribution is 6.30. The number of nitrogens with one attached hydrogen (secondary N) is 1. The standard InChI is InChI=1S/C31H33ClN2O3/c32-27-18-16-25(17-19-27)22-34(29(35)23-37-28-14-8-3-9-15-28)30(26-12-6-2-7-13-26)31(36)33-21-20-24-10-4-1-5-11-24/h2-3,6-10,12-19,30H,1,4-5,11,20-23H2,(H,33,36)/t30-/m1/s1. The number of benzene rings is 3. The van der Waals surface area contributed by atoms with Gasteiger partial charge in [-0.05, 0) is 67.5 Å². The van der Waals surface area contributed by atoms with Crippen LogP contribution in [-0.4, -0.2) is 29.9 Å². The number of halogens is 1. The third-order valence-electron chi connectivity index (χ3n) is 6.50. The molecule has 0 spiro atoms. The van der Waals surface area contributed by atoms with Crippen LogP contribution >= 0.6 is 11.6 Å². The van der Waals surface area contributed by atoms with Crippen LogP contribution in [0, 0.1) is 0 Å². The molecule has 192 valence electrons. The first-order valence-electron chi connectivity index (χ1n) is 12.8. The Bertz CT molecular complexity index is 1180. The van der Waals surface area contributed by atoms with Gasteiger partial charge in [-0.25, -0.2) is 0 Å². The summed E-state index contributed by atoms with van der Waals surface area (Å²) in [6.45, 7) is 0.602. The lowest BCUT2D eigenvalue weighted by atomic mass is 9.97. The molecule has 0 saturated heterocycles. The molecule has 1 atom stereocenters. The molecule has 1 N–H and O–H groups in total. The van der Waals surface area contributed by atoms with Gasteiger partial charge in [0.1, 0.15) is 11.8 Å². The van der Waals surface area contributed by atoms with Crippen molar-refractivity contribution >= 4 is 23.4 Å². The summed E-state index contributed by atoms with van der Waals surface area (Å²) in [6, 6.07) is 25.2. The summed E-state index contributed by atoms with van der Waals surface area (Å²) >= 11 is 6.09. The number of nitrogens with zero attached hydrogens (tertiary/aromatic N) is 1. The molecule has 0 heterocycles. The van der Waals surface area contributed by atoms with Gasteiger partial charge in [0.15, 0.2) is 6.61 Å². The molecule has 4 rings (SSSR count). The zero-order valence-electron chi connectivity index (χ0n) is 20.9. The fourth-order valence-electron chi connectivity index (χ4n) is 4.54. The molecule has 0 bridgehead atoms. The Morgan fingerprint density at radius 3 is 2.30 bits per heavy atom. The molecule has 0 saturated carbocycles. The van der Waals surface area contributed by atoms with Gasteiger partial charge in [-0.1, -0.05) is 83.9 Å². The lowest BCUT2D eigenvalue weighted by Gasteiger charge is -2.31. The molecular weight excluding hydrogens is 484 g/mol. The topological polar surface area (TPSA) is 58.6 Å². The predicted molar refractivity (Wildman–Crippen MR) is 147 cm³/mol. The van der Waals surface area contributed by atoms with Crippen LogP contribution in [-0.2, 0) is 16.1 Å². The van der Waals surface area contributed by atoms with Crippen molar-refractivity contribution in [1.82, 2.24) is 10.2 Å². The van der Waals surface area contributed by atoms with Crippen molar-refractivity contribution in [1.29, 1.82) is 0 Å². The highest BCUT2D eigenvalue weighted by Crippen LogP contribution is 2.25. The van der Waals surface area contributed by atoms with Crippen molar-refractivity contribution in [3.05, 3.63) is 113 Å². The molecule has 6 heteroatoms. The molecule has 0 aromatic heterocycles. The summed E-state index contributed by atoms with van der Waals surface area (Å²) in [7, 11) is 0. The number of carbonyl (C=O) groups is 2. The van der Waals surface area contributed by atoms with Gasteiger partial charge < -0.3 is 15.0 Å². The number of para-hydroxylation sites is 1. The summed E-state index contributed by atoms with van der Waals surface area (Å²) in [5.41, 5.74) is 3.02. The van der Waals surface area contributed by atoms with Crippen LogP contribution in [0.5, 0.6) is 5.75 Å². The van der Waals surface area contributed by atoms with Gasteiger partial charge in [0, 0.05) is 18.1 Å². The van der Waals surface area contributed by atoms with Crippen molar-refractivity contribution < 1.29 is 14.3 Å². The molecule has 0 fully saturated rings. The van der Waals surface area contributed by atoms with E-state index in [0.717, 1.165) is 30.4 Å². The minimum Gasteiger partial charge on any atom is -0.484 e. The number of hydrogen-bond acceptors (Lipinski definition) is 3. The number of ether oxygens (including phenoxy) is 1. The van der Waals surface area contributed by atoms with Gasteiger partial charge in [0.2, 0.25) is 5.91 Å². The average molecular weight is 517 g/mol. The Kier molecular flexibility index (Phi) is 9.78. The van der Waals surface area contributed by atoms with E-state index in [9.17, 15) is 9.59 Å². The molecule has 1 aliphatic rings. The van der Waals surface area contributed by atoms with E-state index in [2.05, 4.69) is 11.4 Å². The Morgan fingerprint density at radius 2 is 1.62 bits per heavy atom. The van der Waals surface area contributed by atoms with Crippen molar-refractivity contribution in [2.24, 2.45) is 0 Å². The van der Waals surface area contributed by atoms with Gasteiger partial charge in [0.25, 0.3) is 5.91 Å². The molecule has 3 aromatic carbocycles. The summed E-state index contributed by atoms with van der Waals surface area (Å²) in [5.74, 6) is 0.117. The van der Waals surface area contributed by atoms with E-state index < -0.39 is 6.04 Å². The van der Waals surface area contributed by atoms with Crippen molar-refractivity contribution in [3.63, 3.8) is 0 Å². The van der Waals surface area contributed by atoms with E-state index in [-0.39, 0.29) is 25.0 Å². The maximum atomic E-state index is 13.7. The fourth-order valence-corrected chi connectivity index (χ4v) is 4.66. The van der Waals surface area contributed by atoms with Gasteiger partial charge in [0.05, 0.1) is 0 Å². The number of hydrogen-bond donors (Lipinski definition) is 1. The van der Waals surface area contributed by atoms with Crippen LogP contribution < -0.4 is 10.1 Å². The van der Waals surface area contributed by atoms with Crippen LogP contribution in [0.25, 0.3) is 0 Å². The first kappa shape index (κ1) is 26.5. The third-order valence-corrected chi connectivity index (χ3v) is 6.75. The quantitative estimate of drug-likeness (QED) is 0.296. The highest BCUT2D eigenvalue weighted by Gasteiger charge is 2.31. The lowest BCUT2D eigenvalue weighted by Crippen LogP contribution is -2.45. The second-order valence-electron chi connectivity index (χ2n) is 9.21. The van der Waals surface area contributed by atoms with Crippen molar-refractivity contribution in [2.45, 2.75) is 44.7 Å². The Balaban J connectivity index is 1.56. The second-order valence-corrected chi connectivity index (χ2v) is 9.65. The molecule has 0 radical (unpaired) electrons. The molecule has 0 aliphatic heterocycles. The minimum atomic E-state index is -0.802. The van der Waals surface area contributed by atoms with E-state index in [1.54, 1.807) is 29.2 Å². The minimum absolute atomic E-state index is 0.179. The zero-order chi connectivity index (χ0) is 25.9. The van der Waals surface area contributed by atoms with Gasteiger partial charge in [-0.3, -0.25) is 9.59 Å². The van der Waals surface area contributed by atoms with Crippen LogP contribution in [0.4, 0.5) is 0 Å². The molecule has 0 unspecified atom stereocenters. The number of rotatable bonds is 11. The highest BCUT2D eigenvalue weighted by atomic mass is 35.5. The Hall–Kier alpha value is -3.57. The maximum absolute atomic E-state index is 13.7. The van der Waals surface area contributed by atoms with E-state index >= 15 is 0 Å². The van der Waals surface area contributed by atoms with E-state index in [4.69, 9.17) is 16.3 Å². The van der Waals surface area contributed by atoms with Crippen LogP contribution in [0.2, 0.25) is 5.02 Å². The lowest BCUT2D eigenvalue weighted by molar-refractivity contribution is -0.143. The third kappa shape index (κ3) is 7.96. The Morgan fingerprint density at radius 1 is 0.919 bits per heavy atom. The van der Waals surface area contributed by atoms with Crippen LogP contribution in [0.15, 0.2) is 96.6 Å². The first-order chi connectivity index (χ1) is 18.1. The van der Waals surface area contributed by atoms with Crippen molar-refractivity contribution in [2.75, 3.05) is 13.2 Å². The summed E-state index contributed by atoms with van der Waals surface area (Å²) in [4.78, 5) is 28.9. The van der Waals surface area contributed by atoms with Gasteiger partial charge in [-0.15, -0.1) is 0 Å². The summed E-state index contributed by atoms with van der Waals surface area (Å²) in [6.07, 6.45) is 7.77. The van der Waals surface area contributed by atoms with Crippen molar-refractivity contribution in [3.8, 4) is 5.75 Å². The normalized spacial score (nSPS) is 13.8. The number of amides is 2. The zero-order valence-corrected chi connectivity index (χ0v) is 21.7. The number of allylic oxidation sites excluding steroid dienone is 1.